The maximum atomic E-state index is 9.37. The molecule has 1 N–H and O–H groups in total. The number of benzene rings is 1. The van der Waals surface area contributed by atoms with E-state index in [-0.39, 0.29) is 6.61 Å². The van der Waals surface area contributed by atoms with Crippen LogP contribution in [0.3, 0.4) is 0 Å². The summed E-state index contributed by atoms with van der Waals surface area (Å²) in [5.74, 6) is 0.946. The lowest BCUT2D eigenvalue weighted by atomic mass is 10.1. The SMILES string of the molecule is OCc1ccc2c(c1)CN(Cc1ccc([C@H]3CCCCO3)s1)CCO2. The number of fused-ring (bicyclic) bond motifs is 1. The predicted octanol–water partition coefficient (Wildman–Crippen LogP) is 3.88. The first kappa shape index (κ1) is 17.0. The van der Waals surface area contributed by atoms with Crippen LogP contribution < -0.4 is 4.74 Å². The lowest BCUT2D eigenvalue weighted by molar-refractivity contribution is 0.0172. The van der Waals surface area contributed by atoms with Gasteiger partial charge in [-0.05, 0) is 49.1 Å². The molecular weight excluding hydrogens is 334 g/mol. The van der Waals surface area contributed by atoms with Gasteiger partial charge in [-0.1, -0.05) is 6.07 Å². The van der Waals surface area contributed by atoms with Crippen LogP contribution in [-0.2, 0) is 24.4 Å². The smallest absolute Gasteiger partial charge is 0.123 e. The van der Waals surface area contributed by atoms with E-state index in [4.69, 9.17) is 9.47 Å². The third-order valence-electron chi connectivity index (χ3n) is 4.93. The summed E-state index contributed by atoms with van der Waals surface area (Å²) in [5.41, 5.74) is 2.11. The molecule has 1 fully saturated rings. The molecule has 4 rings (SSSR count). The van der Waals surface area contributed by atoms with Crippen molar-refractivity contribution in [3.8, 4) is 5.75 Å². The summed E-state index contributed by atoms with van der Waals surface area (Å²) in [6.07, 6.45) is 3.91. The summed E-state index contributed by atoms with van der Waals surface area (Å²) >= 11 is 1.88. The Labute approximate surface area is 153 Å². The lowest BCUT2D eigenvalue weighted by Gasteiger charge is -2.21. The van der Waals surface area contributed by atoms with Crippen molar-refractivity contribution in [2.24, 2.45) is 0 Å². The maximum Gasteiger partial charge on any atom is 0.123 e. The fraction of sp³-hybridized carbons (Fsp3) is 0.500. The fourth-order valence-corrected chi connectivity index (χ4v) is 4.71. The van der Waals surface area contributed by atoms with Gasteiger partial charge in [-0.3, -0.25) is 4.90 Å². The largest absolute Gasteiger partial charge is 0.492 e. The zero-order valence-electron chi connectivity index (χ0n) is 14.4. The van der Waals surface area contributed by atoms with Crippen LogP contribution >= 0.6 is 11.3 Å². The number of hydrogen-bond donors (Lipinski definition) is 1. The van der Waals surface area contributed by atoms with Crippen molar-refractivity contribution in [3.63, 3.8) is 0 Å². The monoisotopic (exact) mass is 359 g/mol. The number of hydrogen-bond acceptors (Lipinski definition) is 5. The van der Waals surface area contributed by atoms with Gasteiger partial charge in [0, 0.05) is 41.6 Å². The highest BCUT2D eigenvalue weighted by molar-refractivity contribution is 7.12. The molecule has 0 aliphatic carbocycles. The fourth-order valence-electron chi connectivity index (χ4n) is 3.57. The Balaban J connectivity index is 1.44. The van der Waals surface area contributed by atoms with E-state index >= 15 is 0 Å². The number of nitrogens with zero attached hydrogens (tertiary/aromatic N) is 1. The average molecular weight is 359 g/mol. The van der Waals surface area contributed by atoms with Crippen LogP contribution in [0.25, 0.3) is 0 Å². The third kappa shape index (κ3) is 4.06. The Kier molecular flexibility index (Phi) is 5.36. The topological polar surface area (TPSA) is 41.9 Å². The molecule has 1 saturated heterocycles. The van der Waals surface area contributed by atoms with Gasteiger partial charge in [0.1, 0.15) is 12.4 Å². The molecule has 2 aliphatic heterocycles. The van der Waals surface area contributed by atoms with E-state index in [1.54, 1.807) is 0 Å². The molecule has 4 nitrogen and oxygen atoms in total. The molecule has 0 bridgehead atoms. The Hall–Kier alpha value is -1.40. The summed E-state index contributed by atoms with van der Waals surface area (Å²) in [6.45, 7) is 4.37. The molecule has 134 valence electrons. The Morgan fingerprint density at radius 2 is 2.12 bits per heavy atom. The van der Waals surface area contributed by atoms with E-state index < -0.39 is 0 Å². The average Bonchev–Trinajstić information content (AvgIpc) is 3.02. The van der Waals surface area contributed by atoms with Crippen molar-refractivity contribution in [2.45, 2.75) is 45.1 Å². The minimum Gasteiger partial charge on any atom is -0.492 e. The van der Waals surface area contributed by atoms with Gasteiger partial charge in [-0.15, -0.1) is 11.3 Å². The van der Waals surface area contributed by atoms with Crippen LogP contribution in [0.15, 0.2) is 30.3 Å². The quantitative estimate of drug-likeness (QED) is 0.900. The van der Waals surface area contributed by atoms with Crippen LogP contribution in [0.5, 0.6) is 5.75 Å². The molecule has 2 aliphatic rings. The predicted molar refractivity (Wildman–Crippen MR) is 98.8 cm³/mol. The second kappa shape index (κ2) is 7.87. The van der Waals surface area contributed by atoms with Gasteiger partial charge in [-0.25, -0.2) is 0 Å². The molecule has 0 radical (unpaired) electrons. The second-order valence-electron chi connectivity index (χ2n) is 6.82. The molecule has 2 aromatic rings. The summed E-state index contributed by atoms with van der Waals surface area (Å²) in [6, 6.07) is 10.5. The van der Waals surface area contributed by atoms with Crippen LogP contribution in [0, 0.1) is 0 Å². The van der Waals surface area contributed by atoms with Crippen molar-refractivity contribution < 1.29 is 14.6 Å². The van der Waals surface area contributed by atoms with Crippen LogP contribution in [0.2, 0.25) is 0 Å². The molecule has 1 atom stereocenters. The molecule has 0 saturated carbocycles. The van der Waals surface area contributed by atoms with Gasteiger partial charge < -0.3 is 14.6 Å². The van der Waals surface area contributed by atoms with E-state index in [1.165, 1.54) is 22.6 Å². The first-order chi connectivity index (χ1) is 12.3. The summed E-state index contributed by atoms with van der Waals surface area (Å²) in [7, 11) is 0. The van der Waals surface area contributed by atoms with E-state index in [1.807, 2.05) is 23.5 Å². The third-order valence-corrected chi connectivity index (χ3v) is 6.09. The highest BCUT2D eigenvalue weighted by Gasteiger charge is 2.20. The van der Waals surface area contributed by atoms with Crippen LogP contribution in [0.4, 0.5) is 0 Å². The highest BCUT2D eigenvalue weighted by Crippen LogP contribution is 2.33. The molecule has 1 aromatic carbocycles. The van der Waals surface area contributed by atoms with E-state index in [0.717, 1.165) is 49.5 Å². The maximum absolute atomic E-state index is 9.37. The first-order valence-electron chi connectivity index (χ1n) is 9.10. The van der Waals surface area contributed by atoms with Crippen molar-refractivity contribution in [1.29, 1.82) is 0 Å². The molecule has 3 heterocycles. The van der Waals surface area contributed by atoms with Gasteiger partial charge >= 0.3 is 0 Å². The number of rotatable bonds is 4. The molecule has 5 heteroatoms. The Bertz CT molecular complexity index is 709. The molecule has 0 spiro atoms. The zero-order valence-corrected chi connectivity index (χ0v) is 15.3. The molecule has 0 unspecified atom stereocenters. The summed E-state index contributed by atoms with van der Waals surface area (Å²) < 4.78 is 11.8. The van der Waals surface area contributed by atoms with Gasteiger partial charge in [0.2, 0.25) is 0 Å². The van der Waals surface area contributed by atoms with Crippen molar-refractivity contribution in [2.75, 3.05) is 19.8 Å². The summed E-state index contributed by atoms with van der Waals surface area (Å²) in [4.78, 5) is 5.17. The van der Waals surface area contributed by atoms with Gasteiger partial charge in [0.25, 0.3) is 0 Å². The number of aliphatic hydroxyl groups is 1. The van der Waals surface area contributed by atoms with Crippen molar-refractivity contribution in [1.82, 2.24) is 4.90 Å². The van der Waals surface area contributed by atoms with E-state index in [0.29, 0.717) is 12.7 Å². The second-order valence-corrected chi connectivity index (χ2v) is 8.02. The van der Waals surface area contributed by atoms with Gasteiger partial charge in [-0.2, -0.15) is 0 Å². The van der Waals surface area contributed by atoms with Crippen molar-refractivity contribution >= 4 is 11.3 Å². The Morgan fingerprint density at radius 1 is 1.16 bits per heavy atom. The van der Waals surface area contributed by atoms with E-state index in [9.17, 15) is 5.11 Å². The molecule has 0 amide bonds. The van der Waals surface area contributed by atoms with Gasteiger partial charge in [0.15, 0.2) is 0 Å². The Morgan fingerprint density at radius 3 is 2.96 bits per heavy atom. The van der Waals surface area contributed by atoms with Gasteiger partial charge in [0.05, 0.1) is 12.7 Å². The summed E-state index contributed by atoms with van der Waals surface area (Å²) in [5, 5.41) is 9.37. The zero-order chi connectivity index (χ0) is 17.1. The van der Waals surface area contributed by atoms with Crippen molar-refractivity contribution in [3.05, 3.63) is 51.2 Å². The van der Waals surface area contributed by atoms with Crippen LogP contribution in [0.1, 0.15) is 46.2 Å². The molecular formula is C20H25NO3S. The van der Waals surface area contributed by atoms with Crippen LogP contribution in [-0.4, -0.2) is 29.8 Å². The minimum atomic E-state index is 0.0724. The highest BCUT2D eigenvalue weighted by atomic mass is 32.1. The number of thiophene rings is 1. The lowest BCUT2D eigenvalue weighted by Crippen LogP contribution is -2.24. The number of aliphatic hydroxyl groups excluding tert-OH is 1. The standard InChI is InChI=1S/C20H25NO3S/c22-14-15-4-6-18-16(11-15)12-21(8-10-24-18)13-17-5-7-20(25-17)19-3-1-2-9-23-19/h4-7,11,19,22H,1-3,8-10,12-14H2/t19-/m1/s1. The first-order valence-corrected chi connectivity index (χ1v) is 9.91. The minimum absolute atomic E-state index is 0.0724. The molecule has 1 aromatic heterocycles. The van der Waals surface area contributed by atoms with E-state index in [2.05, 4.69) is 23.1 Å². The molecule has 25 heavy (non-hydrogen) atoms. The normalized spacial score (nSPS) is 21.4. The number of ether oxygens (including phenoxy) is 2.